The summed E-state index contributed by atoms with van der Waals surface area (Å²) in [6, 6.07) is 4.58. The smallest absolute Gasteiger partial charge is 0.348 e. The number of anilines is 1. The Balaban J connectivity index is 2.61. The summed E-state index contributed by atoms with van der Waals surface area (Å²) in [5.41, 5.74) is 0.0611. The van der Waals surface area contributed by atoms with Crippen molar-refractivity contribution < 1.29 is 27.5 Å². The molecule has 7 nitrogen and oxygen atoms in total. The fourth-order valence-corrected chi connectivity index (χ4v) is 5.67. The number of halogens is 2. The number of hydrogen-bond acceptors (Lipinski definition) is 7. The molecule has 0 radical (unpaired) electrons. The van der Waals surface area contributed by atoms with Gasteiger partial charge in [-0.3, -0.25) is 4.72 Å². The average Bonchev–Trinajstić information content (AvgIpc) is 2.94. The minimum Gasteiger partial charge on any atom is -0.465 e. The predicted octanol–water partition coefficient (Wildman–Crippen LogP) is 3.85. The van der Waals surface area contributed by atoms with Crippen LogP contribution in [-0.4, -0.2) is 34.6 Å². The lowest BCUT2D eigenvalue weighted by Gasteiger charge is -2.10. The number of ether oxygens (including phenoxy) is 2. The third kappa shape index (κ3) is 4.03. The van der Waals surface area contributed by atoms with E-state index in [-0.39, 0.29) is 30.9 Å². The first-order valence-corrected chi connectivity index (χ1v) is 10.4. The minimum atomic E-state index is -4.22. The number of carbonyl (C=O) groups is 2. The van der Waals surface area contributed by atoms with Gasteiger partial charge < -0.3 is 9.47 Å². The molecule has 0 aliphatic rings. The van der Waals surface area contributed by atoms with Gasteiger partial charge >= 0.3 is 11.9 Å². The largest absolute Gasteiger partial charge is 0.465 e. The minimum absolute atomic E-state index is 0.00446. The highest BCUT2D eigenvalue weighted by Gasteiger charge is 2.33. The topological polar surface area (TPSA) is 98.8 Å². The molecule has 0 aliphatic heterocycles. The maximum absolute atomic E-state index is 12.8. The second kappa shape index (κ2) is 7.95. The first kappa shape index (κ1) is 20.7. The number of sulfonamides is 1. The van der Waals surface area contributed by atoms with Gasteiger partial charge in [0.2, 0.25) is 0 Å². The molecule has 26 heavy (non-hydrogen) atoms. The van der Waals surface area contributed by atoms with Crippen LogP contribution in [0.2, 0.25) is 5.02 Å². The Hall–Kier alpha value is -1.62. The van der Waals surface area contributed by atoms with Crippen molar-refractivity contribution in [2.24, 2.45) is 0 Å². The Labute approximate surface area is 167 Å². The van der Waals surface area contributed by atoms with Gasteiger partial charge in [0.05, 0.1) is 30.5 Å². The number of thiophene rings is 1. The van der Waals surface area contributed by atoms with Gasteiger partial charge in [-0.05, 0) is 30.7 Å². The summed E-state index contributed by atoms with van der Waals surface area (Å²) >= 11 is 9.89. The molecule has 0 saturated carbocycles. The molecule has 0 spiro atoms. The number of nitrogens with one attached hydrogen (secondary N) is 1. The fourth-order valence-electron chi connectivity index (χ4n) is 2.07. The lowest BCUT2D eigenvalue weighted by Crippen LogP contribution is -2.16. The molecule has 1 heterocycles. The van der Waals surface area contributed by atoms with Gasteiger partial charge in [-0.25, -0.2) is 18.0 Å². The number of carbonyl (C=O) groups excluding carboxylic acids is 2. The van der Waals surface area contributed by atoms with Crippen molar-refractivity contribution in [2.75, 3.05) is 18.9 Å². The summed E-state index contributed by atoms with van der Waals surface area (Å²) in [5.74, 6) is -1.63. The summed E-state index contributed by atoms with van der Waals surface area (Å²) in [6.07, 6.45) is 0. The normalized spacial score (nSPS) is 11.1. The van der Waals surface area contributed by atoms with Crippen molar-refractivity contribution in [1.29, 1.82) is 0 Å². The van der Waals surface area contributed by atoms with E-state index in [1.807, 2.05) is 0 Å². The predicted molar refractivity (Wildman–Crippen MR) is 102 cm³/mol. The maximum Gasteiger partial charge on any atom is 0.348 e. The SMILES string of the molecule is COC(=O)c1sc(S(=O)(=O)Nc2ccc(Br)cc2Cl)c(C(=O)OC)c1C. The molecule has 0 unspecified atom stereocenters. The molecule has 0 amide bonds. The molecule has 0 aliphatic carbocycles. The second-order valence-electron chi connectivity index (χ2n) is 4.93. The molecule has 1 aromatic heterocycles. The molecular formula is C15H13BrClNO6S2. The van der Waals surface area contributed by atoms with Crippen molar-refractivity contribution in [3.05, 3.63) is 43.7 Å². The van der Waals surface area contributed by atoms with Crippen LogP contribution in [0.15, 0.2) is 26.9 Å². The molecule has 11 heteroatoms. The van der Waals surface area contributed by atoms with Crippen LogP contribution >= 0.6 is 38.9 Å². The van der Waals surface area contributed by atoms with E-state index in [0.29, 0.717) is 15.8 Å². The maximum atomic E-state index is 12.8. The number of rotatable bonds is 5. The molecule has 1 aromatic carbocycles. The Morgan fingerprint density at radius 2 is 1.81 bits per heavy atom. The summed E-state index contributed by atoms with van der Waals surface area (Å²) in [6.45, 7) is 1.45. The van der Waals surface area contributed by atoms with E-state index >= 15 is 0 Å². The monoisotopic (exact) mass is 481 g/mol. The van der Waals surface area contributed by atoms with Crippen molar-refractivity contribution in [1.82, 2.24) is 0 Å². The van der Waals surface area contributed by atoms with Gasteiger partial charge in [0, 0.05) is 4.47 Å². The number of esters is 2. The third-order valence-corrected chi connectivity index (χ3v) is 7.26. The number of benzene rings is 1. The van der Waals surface area contributed by atoms with E-state index in [2.05, 4.69) is 30.1 Å². The highest BCUT2D eigenvalue weighted by Crippen LogP contribution is 2.35. The van der Waals surface area contributed by atoms with Crippen LogP contribution in [0.1, 0.15) is 25.6 Å². The van der Waals surface area contributed by atoms with Crippen LogP contribution in [0.5, 0.6) is 0 Å². The van der Waals surface area contributed by atoms with Crippen LogP contribution in [-0.2, 0) is 19.5 Å². The summed E-state index contributed by atoms with van der Waals surface area (Å²) in [7, 11) is -1.94. The van der Waals surface area contributed by atoms with E-state index in [0.717, 1.165) is 14.2 Å². The molecule has 0 atom stereocenters. The molecule has 1 N–H and O–H groups in total. The van der Waals surface area contributed by atoms with Crippen LogP contribution in [0.4, 0.5) is 5.69 Å². The lowest BCUT2D eigenvalue weighted by atomic mass is 10.2. The zero-order chi connectivity index (χ0) is 19.6. The van der Waals surface area contributed by atoms with Gasteiger partial charge in [-0.1, -0.05) is 27.5 Å². The Kier molecular flexibility index (Phi) is 6.33. The molecule has 0 saturated heterocycles. The zero-order valence-corrected chi connectivity index (χ0v) is 17.7. The fraction of sp³-hybridized carbons (Fsp3) is 0.200. The molecule has 2 aromatic rings. The molecule has 0 fully saturated rings. The highest BCUT2D eigenvalue weighted by atomic mass is 79.9. The highest BCUT2D eigenvalue weighted by molar-refractivity contribution is 9.10. The van der Waals surface area contributed by atoms with Crippen LogP contribution < -0.4 is 4.72 Å². The van der Waals surface area contributed by atoms with E-state index in [1.54, 1.807) is 6.07 Å². The quantitative estimate of drug-likeness (QED) is 0.650. The lowest BCUT2D eigenvalue weighted by molar-refractivity contribution is 0.0596. The van der Waals surface area contributed by atoms with Crippen molar-refractivity contribution in [2.45, 2.75) is 11.1 Å². The molecule has 140 valence electrons. The van der Waals surface area contributed by atoms with Gasteiger partial charge in [-0.2, -0.15) is 0 Å². The Bertz CT molecular complexity index is 986. The Morgan fingerprint density at radius 1 is 1.19 bits per heavy atom. The summed E-state index contributed by atoms with van der Waals surface area (Å²) in [5, 5.41) is 0.157. The number of hydrogen-bond donors (Lipinski definition) is 1. The Morgan fingerprint density at radius 3 is 2.35 bits per heavy atom. The van der Waals surface area contributed by atoms with Crippen molar-refractivity contribution in [3.63, 3.8) is 0 Å². The van der Waals surface area contributed by atoms with E-state index < -0.39 is 22.0 Å². The zero-order valence-electron chi connectivity index (χ0n) is 13.8. The van der Waals surface area contributed by atoms with Crippen molar-refractivity contribution in [3.8, 4) is 0 Å². The first-order chi connectivity index (χ1) is 12.1. The molecule has 2 rings (SSSR count). The van der Waals surface area contributed by atoms with Gasteiger partial charge in [-0.15, -0.1) is 11.3 Å². The van der Waals surface area contributed by atoms with Gasteiger partial charge in [0.1, 0.15) is 4.88 Å². The van der Waals surface area contributed by atoms with E-state index in [1.165, 1.54) is 19.1 Å². The van der Waals surface area contributed by atoms with Crippen LogP contribution in [0, 0.1) is 6.92 Å². The first-order valence-electron chi connectivity index (χ1n) is 6.90. The number of methoxy groups -OCH3 is 2. The third-order valence-electron chi connectivity index (χ3n) is 3.29. The van der Waals surface area contributed by atoms with Crippen LogP contribution in [0.25, 0.3) is 0 Å². The van der Waals surface area contributed by atoms with Gasteiger partial charge in [0.25, 0.3) is 10.0 Å². The van der Waals surface area contributed by atoms with Crippen molar-refractivity contribution >= 4 is 66.5 Å². The second-order valence-corrected chi connectivity index (χ2v) is 9.15. The molecule has 0 bridgehead atoms. The average molecular weight is 483 g/mol. The van der Waals surface area contributed by atoms with Gasteiger partial charge in [0.15, 0.2) is 4.21 Å². The van der Waals surface area contributed by atoms with E-state index in [9.17, 15) is 18.0 Å². The molecular weight excluding hydrogens is 470 g/mol. The van der Waals surface area contributed by atoms with Crippen LogP contribution in [0.3, 0.4) is 0 Å². The summed E-state index contributed by atoms with van der Waals surface area (Å²) < 4.78 is 37.6. The standard InChI is InChI=1S/C15H13BrClNO6S2/c1-7-11(13(19)23-2)15(25-12(7)14(20)24-3)26(21,22)18-10-5-4-8(16)6-9(10)17/h4-6,18H,1-3H3. The van der Waals surface area contributed by atoms with E-state index in [4.69, 9.17) is 11.6 Å². The summed E-state index contributed by atoms with van der Waals surface area (Å²) in [4.78, 5) is 24.0.